The number of carbonyl (C=O) groups excluding carboxylic acids is 1. The van der Waals surface area contributed by atoms with E-state index in [1.807, 2.05) is 49.3 Å². The summed E-state index contributed by atoms with van der Waals surface area (Å²) in [6.07, 6.45) is -3.91. The molecule has 3 aromatic rings. The van der Waals surface area contributed by atoms with Gasteiger partial charge >= 0.3 is 19.4 Å². The molecular weight excluding hydrogens is 617 g/mol. The van der Waals surface area contributed by atoms with Crippen LogP contribution in [0.2, 0.25) is 0 Å². The molecule has 0 bridgehead atoms. The third kappa shape index (κ3) is 7.60. The van der Waals surface area contributed by atoms with Crippen molar-refractivity contribution in [3.8, 4) is 17.0 Å². The number of carbonyl (C=O) groups is 1. The summed E-state index contributed by atoms with van der Waals surface area (Å²) >= 11 is 5.55. The summed E-state index contributed by atoms with van der Waals surface area (Å²) in [6.45, 7) is 6.48. The lowest BCUT2D eigenvalue weighted by Gasteiger charge is -2.26. The number of fused-ring (bicyclic) bond motifs is 1. The number of H-pyrrole nitrogens is 1. The van der Waals surface area contributed by atoms with Crippen LogP contribution in [0.4, 0.5) is 0 Å². The average Bonchev–Trinajstić information content (AvgIpc) is 3.19. The summed E-state index contributed by atoms with van der Waals surface area (Å²) in [4.78, 5) is 38.8. The molecule has 15 heteroatoms. The molecule has 6 atom stereocenters. The molecule has 1 unspecified atom stereocenters. The Balaban J connectivity index is 1.63. The topological polar surface area (TPSA) is 178 Å². The van der Waals surface area contributed by atoms with Crippen LogP contribution in [0, 0.1) is 16.7 Å². The fourth-order valence-corrected chi connectivity index (χ4v) is 6.05. The van der Waals surface area contributed by atoms with Gasteiger partial charge in [0.05, 0.1) is 13.2 Å². The number of benzene rings is 2. The number of aromatic amines is 1. The number of esters is 1. The summed E-state index contributed by atoms with van der Waals surface area (Å²) < 4.78 is 37.7. The Bertz CT molecular complexity index is 1740. The largest absolute Gasteiger partial charge is 0.464 e. The summed E-state index contributed by atoms with van der Waals surface area (Å²) in [5.74, 6) is 1.69. The predicted octanol–water partition coefficient (Wildman–Crippen LogP) is 2.65. The van der Waals surface area contributed by atoms with Crippen LogP contribution >= 0.6 is 19.3 Å². The number of rotatable bonds is 10. The molecule has 13 nitrogen and oxygen atoms in total. The van der Waals surface area contributed by atoms with Gasteiger partial charge in [-0.1, -0.05) is 57.2 Å². The number of hydrogen-bond acceptors (Lipinski definition) is 10. The Morgan fingerprint density at radius 1 is 1.23 bits per heavy atom. The zero-order valence-corrected chi connectivity index (χ0v) is 26.0. The van der Waals surface area contributed by atoms with Crippen LogP contribution < -0.4 is 20.9 Å². The van der Waals surface area contributed by atoms with Crippen LogP contribution in [0.25, 0.3) is 10.8 Å². The summed E-state index contributed by atoms with van der Waals surface area (Å²) in [5, 5.41) is 28.2. The van der Waals surface area contributed by atoms with Crippen LogP contribution in [0.3, 0.4) is 0 Å². The van der Waals surface area contributed by atoms with Gasteiger partial charge in [-0.25, -0.2) is 9.36 Å². The van der Waals surface area contributed by atoms with Crippen LogP contribution in [0.1, 0.15) is 33.9 Å². The van der Waals surface area contributed by atoms with Crippen molar-refractivity contribution in [2.45, 2.75) is 57.8 Å². The summed E-state index contributed by atoms with van der Waals surface area (Å²) in [7, 11) is -4.47. The van der Waals surface area contributed by atoms with Crippen molar-refractivity contribution in [1.29, 1.82) is 0 Å². The van der Waals surface area contributed by atoms with Gasteiger partial charge in [0.2, 0.25) is 5.60 Å². The molecule has 1 aliphatic heterocycles. The van der Waals surface area contributed by atoms with Gasteiger partial charge in [-0.15, -0.1) is 0 Å². The van der Waals surface area contributed by atoms with Gasteiger partial charge < -0.3 is 24.2 Å². The van der Waals surface area contributed by atoms with E-state index in [2.05, 4.69) is 11.0 Å². The van der Waals surface area contributed by atoms with E-state index in [1.165, 1.54) is 6.92 Å². The van der Waals surface area contributed by atoms with Gasteiger partial charge in [0, 0.05) is 23.0 Å². The maximum atomic E-state index is 14.2. The molecule has 1 aromatic heterocycles. The van der Waals surface area contributed by atoms with Crippen molar-refractivity contribution in [2.24, 2.45) is 5.41 Å². The molecule has 44 heavy (non-hydrogen) atoms. The molecule has 1 aliphatic rings. The monoisotopic (exact) mass is 649 g/mol. The molecule has 2 heterocycles. The fraction of sp³-hybridized carbons (Fsp3) is 0.414. The number of aromatic nitrogens is 2. The van der Waals surface area contributed by atoms with Crippen molar-refractivity contribution in [2.75, 3.05) is 13.2 Å². The summed E-state index contributed by atoms with van der Waals surface area (Å²) in [5.41, 5.74) is -4.43. The van der Waals surface area contributed by atoms with Crippen LogP contribution in [0.15, 0.2) is 64.3 Å². The molecule has 0 saturated carbocycles. The van der Waals surface area contributed by atoms with Crippen molar-refractivity contribution in [3.63, 3.8) is 0 Å². The van der Waals surface area contributed by atoms with Crippen molar-refractivity contribution >= 4 is 36.1 Å². The highest BCUT2D eigenvalue weighted by Crippen LogP contribution is 2.48. The number of nitrogens with zero attached hydrogens (tertiary/aromatic N) is 1. The van der Waals surface area contributed by atoms with E-state index >= 15 is 0 Å². The molecule has 0 amide bonds. The molecule has 0 aliphatic carbocycles. The number of hydrogen-bond donors (Lipinski definition) is 4. The Morgan fingerprint density at radius 2 is 1.93 bits per heavy atom. The van der Waals surface area contributed by atoms with Crippen LogP contribution in [-0.2, 0) is 23.4 Å². The molecule has 4 N–H and O–H groups in total. The van der Waals surface area contributed by atoms with Crippen LogP contribution in [0.5, 0.6) is 5.75 Å². The average molecular weight is 650 g/mol. The lowest BCUT2D eigenvalue weighted by molar-refractivity contribution is -0.148. The Hall–Kier alpha value is -3.47. The molecule has 1 saturated heterocycles. The number of aliphatic hydroxyl groups excluding tert-OH is 1. The molecular formula is C29H33ClN3O10P. The first-order chi connectivity index (χ1) is 20.7. The predicted molar refractivity (Wildman–Crippen MR) is 161 cm³/mol. The number of nitrogens with one attached hydrogen (secondary N) is 2. The second-order valence-corrected chi connectivity index (χ2v) is 13.3. The molecule has 4 rings (SSSR count). The first-order valence-electron chi connectivity index (χ1n) is 13.5. The summed E-state index contributed by atoms with van der Waals surface area (Å²) in [6, 6.07) is 12.1. The molecule has 0 radical (unpaired) electrons. The van der Waals surface area contributed by atoms with Crippen LogP contribution in [-0.4, -0.2) is 62.8 Å². The normalized spacial score (nSPS) is 23.8. The quantitative estimate of drug-likeness (QED) is 0.144. The molecule has 1 fully saturated rings. The molecule has 0 spiro atoms. The zero-order chi connectivity index (χ0) is 32.3. The van der Waals surface area contributed by atoms with Crippen molar-refractivity contribution in [1.82, 2.24) is 14.6 Å². The van der Waals surface area contributed by atoms with Gasteiger partial charge in [0.1, 0.15) is 24.0 Å². The standard InChI is InChI=1S/C29H33ClN3O10P/c1-18(25(36)40-17-28(2,3)4)32-44(39,43-21-11-7-9-19-8-5-6-10-20(19)21)41-16-22-24(35)29(38,13-14-30)26(42-22)33-15-12-23(34)31-27(33)37/h5-12,15,18,22,24,26,35,38H,16-17H2,1-4H3,(H,32,39)(H,31,34,37)/t18-,22+,24?,26+,29+,44-/m0/s1. The highest BCUT2D eigenvalue weighted by molar-refractivity contribution is 7.52. The van der Waals surface area contributed by atoms with E-state index in [9.17, 15) is 29.2 Å². The van der Waals surface area contributed by atoms with E-state index in [0.29, 0.717) is 5.39 Å². The fourth-order valence-electron chi connectivity index (χ4n) is 4.37. The van der Waals surface area contributed by atoms with Gasteiger partial charge in [-0.05, 0) is 41.3 Å². The second kappa shape index (κ2) is 13.3. The maximum absolute atomic E-state index is 14.2. The molecule has 2 aromatic carbocycles. The minimum absolute atomic E-state index is 0.0982. The Kier molecular flexibility index (Phi) is 10.1. The third-order valence-electron chi connectivity index (χ3n) is 6.56. The van der Waals surface area contributed by atoms with Crippen molar-refractivity contribution < 1.29 is 38.1 Å². The second-order valence-electron chi connectivity index (χ2n) is 11.4. The lowest BCUT2D eigenvalue weighted by atomic mass is 9.95. The third-order valence-corrected chi connectivity index (χ3v) is 8.29. The minimum Gasteiger partial charge on any atom is -0.464 e. The first-order valence-corrected chi connectivity index (χ1v) is 15.4. The van der Waals surface area contributed by atoms with E-state index in [0.717, 1.165) is 22.2 Å². The maximum Gasteiger partial charge on any atom is 0.459 e. The van der Waals surface area contributed by atoms with E-state index in [1.54, 1.807) is 24.3 Å². The highest BCUT2D eigenvalue weighted by Gasteiger charge is 2.56. The first kappa shape index (κ1) is 33.4. The van der Waals surface area contributed by atoms with Crippen molar-refractivity contribution in [3.05, 3.63) is 75.6 Å². The lowest BCUT2D eigenvalue weighted by Crippen LogP contribution is -2.48. The van der Waals surface area contributed by atoms with E-state index in [-0.39, 0.29) is 17.8 Å². The number of aliphatic hydroxyl groups is 2. The Morgan fingerprint density at radius 3 is 2.61 bits per heavy atom. The zero-order valence-electron chi connectivity index (χ0n) is 24.4. The van der Waals surface area contributed by atoms with Gasteiger partial charge in [-0.2, -0.15) is 5.09 Å². The highest BCUT2D eigenvalue weighted by atomic mass is 35.5. The SMILES string of the molecule is C[C@H](N[P@](=O)(OC[C@H]1O[C@@H](n2ccc(=O)[nH]c2=O)[C@@](O)(C#CCl)C1O)Oc1cccc2ccccc12)C(=O)OCC(C)(C)C. The van der Waals surface area contributed by atoms with E-state index < -0.39 is 61.7 Å². The van der Waals surface area contributed by atoms with Gasteiger partial charge in [0.25, 0.3) is 5.56 Å². The number of halogens is 1. The van der Waals surface area contributed by atoms with E-state index in [4.69, 9.17) is 30.1 Å². The minimum atomic E-state index is -4.47. The van der Waals surface area contributed by atoms with Gasteiger partial charge in [0.15, 0.2) is 6.23 Å². The van der Waals surface area contributed by atoms with Gasteiger partial charge in [-0.3, -0.25) is 23.7 Å². The number of ether oxygens (including phenoxy) is 2. The Labute approximate surface area is 257 Å². The smallest absolute Gasteiger partial charge is 0.459 e. The molecule has 236 valence electrons.